The third kappa shape index (κ3) is 1.78. The van der Waals surface area contributed by atoms with E-state index in [0.29, 0.717) is 0 Å². The van der Waals surface area contributed by atoms with Crippen molar-refractivity contribution in [2.24, 2.45) is 0 Å². The first-order valence-corrected chi connectivity index (χ1v) is 4.60. The number of alkyl halides is 3. The third-order valence-corrected chi connectivity index (χ3v) is 2.25. The van der Waals surface area contributed by atoms with Crippen molar-refractivity contribution in [3.63, 3.8) is 0 Å². The predicted octanol–water partition coefficient (Wildman–Crippen LogP) is 2.44. The maximum absolute atomic E-state index is 12.5. The zero-order valence-corrected chi connectivity index (χ0v) is 8.76. The first-order chi connectivity index (χ1) is 7.41. The molecule has 0 atom stereocenters. The van der Waals surface area contributed by atoms with Gasteiger partial charge in [0, 0.05) is 7.05 Å². The van der Waals surface area contributed by atoms with E-state index in [1.54, 1.807) is 7.05 Å². The fourth-order valence-electron chi connectivity index (χ4n) is 1.23. The Morgan fingerprint density at radius 2 is 2.12 bits per heavy atom. The molecule has 2 aromatic heterocycles. The molecule has 8 heteroatoms. The first kappa shape index (κ1) is 11.0. The van der Waals surface area contributed by atoms with Crippen LogP contribution in [0.4, 0.5) is 19.1 Å². The summed E-state index contributed by atoms with van der Waals surface area (Å²) in [6, 6.07) is 0.857. The number of hydrogen-bond donors (Lipinski definition) is 1. The Hall–Kier alpha value is -1.50. The summed E-state index contributed by atoms with van der Waals surface area (Å²) in [7, 11) is 1.57. The Labute approximate surface area is 93.0 Å². The van der Waals surface area contributed by atoms with E-state index in [9.17, 15) is 13.2 Å². The topological polar surface area (TPSA) is 42.2 Å². The van der Waals surface area contributed by atoms with Crippen LogP contribution in [0, 0.1) is 0 Å². The zero-order chi connectivity index (χ0) is 11.9. The molecule has 0 fully saturated rings. The minimum atomic E-state index is -4.50. The number of anilines is 1. The molecule has 0 unspecified atom stereocenters. The lowest BCUT2D eigenvalue weighted by molar-refractivity contribution is -0.137. The number of halogens is 4. The highest BCUT2D eigenvalue weighted by Gasteiger charge is 2.34. The zero-order valence-electron chi connectivity index (χ0n) is 8.01. The molecule has 2 rings (SSSR count). The molecule has 16 heavy (non-hydrogen) atoms. The molecule has 86 valence electrons. The molecule has 0 aromatic carbocycles. The van der Waals surface area contributed by atoms with E-state index in [4.69, 9.17) is 11.6 Å². The minimum absolute atomic E-state index is 0.0843. The van der Waals surface area contributed by atoms with Crippen molar-refractivity contribution in [2.45, 2.75) is 6.18 Å². The molecular weight excluding hydrogens is 245 g/mol. The summed E-state index contributed by atoms with van der Waals surface area (Å²) in [5.74, 6) is 0.232. The normalized spacial score (nSPS) is 12.1. The highest BCUT2D eigenvalue weighted by Crippen LogP contribution is 2.35. The number of nitrogens with one attached hydrogen (secondary N) is 1. The van der Waals surface area contributed by atoms with Gasteiger partial charge in [0.15, 0.2) is 5.65 Å². The number of fused-ring (bicyclic) bond motifs is 1. The lowest BCUT2D eigenvalue weighted by Gasteiger charge is -2.07. The summed E-state index contributed by atoms with van der Waals surface area (Å²) >= 11 is 5.51. The molecular formula is C8H6ClF3N4. The van der Waals surface area contributed by atoms with Gasteiger partial charge in [0.25, 0.3) is 0 Å². The number of nitrogens with zero attached hydrogens (tertiary/aromatic N) is 3. The van der Waals surface area contributed by atoms with Crippen LogP contribution in [0.2, 0.25) is 5.02 Å². The van der Waals surface area contributed by atoms with Crippen molar-refractivity contribution in [3.05, 3.63) is 22.8 Å². The molecule has 0 saturated carbocycles. The second-order valence-corrected chi connectivity index (χ2v) is 3.43. The molecule has 2 aromatic rings. The second kappa shape index (κ2) is 3.51. The molecule has 0 aliphatic carbocycles. The van der Waals surface area contributed by atoms with E-state index in [2.05, 4.69) is 15.4 Å². The van der Waals surface area contributed by atoms with Crippen molar-refractivity contribution in [1.82, 2.24) is 14.6 Å². The van der Waals surface area contributed by atoms with Crippen LogP contribution >= 0.6 is 11.6 Å². The first-order valence-electron chi connectivity index (χ1n) is 4.22. The summed E-state index contributed by atoms with van der Waals surface area (Å²) < 4.78 is 38.7. The molecule has 0 aliphatic heterocycles. The Bertz CT molecular complexity index is 534. The number of pyridine rings is 1. The molecule has 1 N–H and O–H groups in total. The summed E-state index contributed by atoms with van der Waals surface area (Å²) in [5, 5.41) is 6.07. The molecule has 2 heterocycles. The minimum Gasteiger partial charge on any atom is -0.356 e. The highest BCUT2D eigenvalue weighted by molar-refractivity contribution is 6.31. The van der Waals surface area contributed by atoms with E-state index in [1.165, 1.54) is 4.52 Å². The number of hydrogen-bond acceptors (Lipinski definition) is 3. The molecule has 0 radical (unpaired) electrons. The van der Waals surface area contributed by atoms with Crippen LogP contribution in [0.5, 0.6) is 0 Å². The van der Waals surface area contributed by atoms with Crippen LogP contribution in [-0.2, 0) is 6.18 Å². The van der Waals surface area contributed by atoms with Gasteiger partial charge in [0.05, 0.1) is 16.8 Å². The monoisotopic (exact) mass is 250 g/mol. The van der Waals surface area contributed by atoms with Gasteiger partial charge >= 0.3 is 6.18 Å². The van der Waals surface area contributed by atoms with Gasteiger partial charge in [0.2, 0.25) is 5.95 Å². The van der Waals surface area contributed by atoms with Crippen molar-refractivity contribution in [1.29, 1.82) is 0 Å². The van der Waals surface area contributed by atoms with E-state index >= 15 is 0 Å². The maximum atomic E-state index is 12.5. The van der Waals surface area contributed by atoms with Gasteiger partial charge in [-0.25, -0.2) is 4.52 Å². The van der Waals surface area contributed by atoms with Gasteiger partial charge in [0.1, 0.15) is 0 Å². The van der Waals surface area contributed by atoms with Crippen molar-refractivity contribution in [2.75, 3.05) is 12.4 Å². The fourth-order valence-corrected chi connectivity index (χ4v) is 1.48. The smallest absolute Gasteiger partial charge is 0.356 e. The Morgan fingerprint density at radius 3 is 2.69 bits per heavy atom. The van der Waals surface area contributed by atoms with Gasteiger partial charge in [-0.1, -0.05) is 11.6 Å². The van der Waals surface area contributed by atoms with Crippen LogP contribution < -0.4 is 5.32 Å². The Kier molecular flexibility index (Phi) is 2.42. The quantitative estimate of drug-likeness (QED) is 0.845. The summed E-state index contributed by atoms with van der Waals surface area (Å²) in [6.07, 6.45) is -3.42. The molecule has 0 saturated heterocycles. The molecule has 0 bridgehead atoms. The van der Waals surface area contributed by atoms with E-state index in [-0.39, 0.29) is 11.6 Å². The second-order valence-electron chi connectivity index (χ2n) is 3.02. The van der Waals surface area contributed by atoms with Crippen LogP contribution in [0.1, 0.15) is 5.56 Å². The molecule has 0 spiro atoms. The van der Waals surface area contributed by atoms with Gasteiger partial charge in [-0.15, -0.1) is 5.10 Å². The summed E-state index contributed by atoms with van der Waals surface area (Å²) in [5.41, 5.74) is -0.835. The average Bonchev–Trinajstić information content (AvgIpc) is 2.56. The molecule has 0 amide bonds. The van der Waals surface area contributed by atoms with Crippen LogP contribution in [0.15, 0.2) is 12.3 Å². The third-order valence-electron chi connectivity index (χ3n) is 1.95. The number of aromatic nitrogens is 3. The Balaban J connectivity index is 2.66. The predicted molar refractivity (Wildman–Crippen MR) is 52.5 cm³/mol. The standard InChI is InChI=1S/C8H6ClF3N4/c1-13-7-14-6-2-4(8(10,11)12)5(9)3-16(6)15-7/h2-3H,1H3,(H,13,15). The average molecular weight is 251 g/mol. The van der Waals surface area contributed by atoms with Crippen molar-refractivity contribution in [3.8, 4) is 0 Å². The SMILES string of the molecule is CNc1nc2cc(C(F)(F)F)c(Cl)cn2n1. The fraction of sp³-hybridized carbons (Fsp3) is 0.250. The van der Waals surface area contributed by atoms with Gasteiger partial charge in [-0.05, 0) is 6.07 Å². The van der Waals surface area contributed by atoms with E-state index in [1.807, 2.05) is 0 Å². The lowest BCUT2D eigenvalue weighted by atomic mass is 10.2. The lowest BCUT2D eigenvalue weighted by Crippen LogP contribution is -2.07. The van der Waals surface area contributed by atoms with E-state index in [0.717, 1.165) is 12.3 Å². The van der Waals surface area contributed by atoms with Crippen molar-refractivity contribution < 1.29 is 13.2 Å². The number of rotatable bonds is 1. The van der Waals surface area contributed by atoms with Crippen LogP contribution in [0.3, 0.4) is 0 Å². The summed E-state index contributed by atoms with van der Waals surface area (Å²) in [6.45, 7) is 0. The van der Waals surface area contributed by atoms with Crippen molar-refractivity contribution >= 4 is 23.2 Å². The van der Waals surface area contributed by atoms with E-state index < -0.39 is 16.8 Å². The highest BCUT2D eigenvalue weighted by atomic mass is 35.5. The summed E-state index contributed by atoms with van der Waals surface area (Å²) in [4.78, 5) is 3.83. The van der Waals surface area contributed by atoms with Gasteiger partial charge in [-0.2, -0.15) is 18.2 Å². The largest absolute Gasteiger partial charge is 0.418 e. The Morgan fingerprint density at radius 1 is 1.44 bits per heavy atom. The van der Waals surface area contributed by atoms with Gasteiger partial charge in [-0.3, -0.25) is 0 Å². The van der Waals surface area contributed by atoms with Crippen LogP contribution in [-0.4, -0.2) is 21.6 Å². The van der Waals surface area contributed by atoms with Crippen LogP contribution in [0.25, 0.3) is 5.65 Å². The maximum Gasteiger partial charge on any atom is 0.418 e. The van der Waals surface area contributed by atoms with Gasteiger partial charge < -0.3 is 5.32 Å². The molecule has 4 nitrogen and oxygen atoms in total. The molecule has 0 aliphatic rings.